The van der Waals surface area contributed by atoms with E-state index in [1.54, 1.807) is 32.3 Å². The van der Waals surface area contributed by atoms with E-state index in [4.69, 9.17) is 17.3 Å². The van der Waals surface area contributed by atoms with E-state index >= 15 is 0 Å². The number of amides is 2. The molecule has 0 bridgehead atoms. The van der Waals surface area contributed by atoms with E-state index in [9.17, 15) is 9.59 Å². The highest BCUT2D eigenvalue weighted by molar-refractivity contribution is 6.31. The number of benzene rings is 1. The van der Waals surface area contributed by atoms with Crippen LogP contribution in [0.3, 0.4) is 0 Å². The Bertz CT molecular complexity index is 489. The molecule has 0 aliphatic heterocycles. The van der Waals surface area contributed by atoms with Crippen molar-refractivity contribution in [2.75, 3.05) is 19.4 Å². The lowest BCUT2D eigenvalue weighted by Gasteiger charge is -2.16. The maximum absolute atomic E-state index is 12.0. The zero-order chi connectivity index (χ0) is 14.6. The zero-order valence-corrected chi connectivity index (χ0v) is 12.0. The third-order valence-electron chi connectivity index (χ3n) is 2.65. The average Bonchev–Trinajstić information content (AvgIpc) is 2.37. The summed E-state index contributed by atoms with van der Waals surface area (Å²) < 4.78 is 0. The highest BCUT2D eigenvalue weighted by atomic mass is 35.5. The van der Waals surface area contributed by atoms with Crippen molar-refractivity contribution in [1.82, 2.24) is 4.90 Å². The maximum Gasteiger partial charge on any atom is 0.255 e. The zero-order valence-electron chi connectivity index (χ0n) is 11.2. The van der Waals surface area contributed by atoms with Crippen molar-refractivity contribution in [3.05, 3.63) is 28.8 Å². The fourth-order valence-electron chi connectivity index (χ4n) is 1.46. The van der Waals surface area contributed by atoms with Crippen molar-refractivity contribution in [1.29, 1.82) is 0 Å². The molecule has 6 heteroatoms. The second-order valence-electron chi connectivity index (χ2n) is 4.39. The lowest BCUT2D eigenvalue weighted by molar-refractivity contribution is -0.117. The second kappa shape index (κ2) is 6.54. The van der Waals surface area contributed by atoms with Crippen LogP contribution in [-0.2, 0) is 4.79 Å². The van der Waals surface area contributed by atoms with E-state index in [1.807, 2.05) is 6.92 Å². The van der Waals surface area contributed by atoms with Crippen LogP contribution < -0.4 is 11.1 Å². The molecule has 0 unspecified atom stereocenters. The fraction of sp³-hybridized carbons (Fsp3) is 0.385. The molecular formula is C13H18ClN3O2. The molecule has 0 aliphatic carbocycles. The van der Waals surface area contributed by atoms with Crippen LogP contribution >= 0.6 is 11.6 Å². The van der Waals surface area contributed by atoms with Crippen molar-refractivity contribution >= 4 is 29.1 Å². The van der Waals surface area contributed by atoms with Gasteiger partial charge in [0.05, 0.1) is 17.3 Å². The van der Waals surface area contributed by atoms with E-state index in [-0.39, 0.29) is 11.8 Å². The molecule has 0 radical (unpaired) electrons. The number of hydrogen-bond donors (Lipinski definition) is 2. The van der Waals surface area contributed by atoms with Gasteiger partial charge in [-0.2, -0.15) is 0 Å². The predicted octanol–water partition coefficient (Wildman–Crippen LogP) is 1.72. The van der Waals surface area contributed by atoms with Crippen molar-refractivity contribution < 1.29 is 9.59 Å². The number of carbonyl (C=O) groups is 2. The third kappa shape index (κ3) is 3.94. The van der Waals surface area contributed by atoms with Gasteiger partial charge >= 0.3 is 0 Å². The number of anilines is 1. The van der Waals surface area contributed by atoms with Crippen molar-refractivity contribution in [2.45, 2.75) is 19.4 Å². The number of nitrogens with zero attached hydrogens (tertiary/aromatic N) is 1. The Morgan fingerprint density at radius 3 is 2.58 bits per heavy atom. The fourth-order valence-corrected chi connectivity index (χ4v) is 1.63. The van der Waals surface area contributed by atoms with Crippen LogP contribution in [0.1, 0.15) is 23.7 Å². The van der Waals surface area contributed by atoms with Gasteiger partial charge < -0.3 is 16.0 Å². The van der Waals surface area contributed by atoms with E-state index in [2.05, 4.69) is 5.32 Å². The number of nitrogens with one attached hydrogen (secondary N) is 1. The first kappa shape index (κ1) is 15.5. The Morgan fingerprint density at radius 2 is 2.05 bits per heavy atom. The maximum atomic E-state index is 12.0. The van der Waals surface area contributed by atoms with Crippen molar-refractivity contribution in [2.24, 2.45) is 5.73 Å². The summed E-state index contributed by atoms with van der Waals surface area (Å²) in [6, 6.07) is 4.12. The molecule has 0 saturated heterocycles. The second-order valence-corrected chi connectivity index (χ2v) is 4.83. The molecule has 0 spiro atoms. The Hall–Kier alpha value is -1.59. The topological polar surface area (TPSA) is 75.4 Å². The van der Waals surface area contributed by atoms with Gasteiger partial charge in [0.25, 0.3) is 5.91 Å². The normalized spacial score (nSPS) is 11.8. The Kier molecular flexibility index (Phi) is 5.32. The smallest absolute Gasteiger partial charge is 0.255 e. The van der Waals surface area contributed by atoms with Gasteiger partial charge in [-0.05, 0) is 24.6 Å². The van der Waals surface area contributed by atoms with Crippen molar-refractivity contribution in [3.8, 4) is 0 Å². The van der Waals surface area contributed by atoms with Crippen LogP contribution in [0.4, 0.5) is 5.69 Å². The molecular weight excluding hydrogens is 266 g/mol. The van der Waals surface area contributed by atoms with Crippen LogP contribution in [0.2, 0.25) is 5.02 Å². The van der Waals surface area contributed by atoms with E-state index in [0.717, 1.165) is 0 Å². The van der Waals surface area contributed by atoms with Crippen LogP contribution in [0.5, 0.6) is 0 Å². The first-order valence-electron chi connectivity index (χ1n) is 5.94. The lowest BCUT2D eigenvalue weighted by Crippen LogP contribution is -2.35. The van der Waals surface area contributed by atoms with Crippen LogP contribution in [-0.4, -0.2) is 36.9 Å². The summed E-state index contributed by atoms with van der Waals surface area (Å²) in [6.07, 6.45) is 0.517. The lowest BCUT2D eigenvalue weighted by atomic mass is 10.1. The third-order valence-corrected chi connectivity index (χ3v) is 2.89. The van der Waals surface area contributed by atoms with E-state index < -0.39 is 6.04 Å². The summed E-state index contributed by atoms with van der Waals surface area (Å²) >= 11 is 5.89. The van der Waals surface area contributed by atoms with Gasteiger partial charge in [0.1, 0.15) is 0 Å². The van der Waals surface area contributed by atoms with E-state index in [0.29, 0.717) is 22.7 Å². The molecule has 3 N–H and O–H groups in total. The molecule has 2 amide bonds. The number of halogens is 1. The molecule has 0 aliphatic rings. The van der Waals surface area contributed by atoms with Gasteiger partial charge in [-0.25, -0.2) is 0 Å². The quantitative estimate of drug-likeness (QED) is 0.883. The number of rotatable bonds is 4. The number of hydrogen-bond acceptors (Lipinski definition) is 3. The molecule has 1 rings (SSSR count). The molecule has 1 atom stereocenters. The number of nitrogens with two attached hydrogens (primary N) is 1. The molecule has 1 aromatic carbocycles. The Balaban J connectivity index is 3.08. The molecule has 0 aromatic heterocycles. The average molecular weight is 284 g/mol. The van der Waals surface area contributed by atoms with Crippen molar-refractivity contribution in [3.63, 3.8) is 0 Å². The van der Waals surface area contributed by atoms with Crippen LogP contribution in [0.15, 0.2) is 18.2 Å². The molecule has 0 heterocycles. The summed E-state index contributed by atoms with van der Waals surface area (Å²) in [5.41, 5.74) is 6.40. The predicted molar refractivity (Wildman–Crippen MR) is 76.4 cm³/mol. The summed E-state index contributed by atoms with van der Waals surface area (Å²) in [7, 11) is 3.28. The molecule has 1 aromatic rings. The monoisotopic (exact) mass is 283 g/mol. The van der Waals surface area contributed by atoms with Gasteiger partial charge in [-0.3, -0.25) is 9.59 Å². The Morgan fingerprint density at radius 1 is 1.42 bits per heavy atom. The SMILES string of the molecule is CC[C@@H](N)C(=O)Nc1cc(Cl)ccc1C(=O)N(C)C. The van der Waals surface area contributed by atoms with E-state index in [1.165, 1.54) is 4.90 Å². The molecule has 19 heavy (non-hydrogen) atoms. The van der Waals surface area contributed by atoms with Gasteiger partial charge in [-0.15, -0.1) is 0 Å². The molecule has 5 nitrogen and oxygen atoms in total. The van der Waals surface area contributed by atoms with Crippen LogP contribution in [0, 0.1) is 0 Å². The van der Waals surface area contributed by atoms with Crippen LogP contribution in [0.25, 0.3) is 0 Å². The van der Waals surface area contributed by atoms with Gasteiger partial charge in [0.15, 0.2) is 0 Å². The molecule has 0 saturated carbocycles. The molecule has 0 fully saturated rings. The standard InChI is InChI=1S/C13H18ClN3O2/c1-4-10(15)12(18)16-11-7-8(14)5-6-9(11)13(19)17(2)3/h5-7,10H,4,15H2,1-3H3,(H,16,18)/t10-/m1/s1. The highest BCUT2D eigenvalue weighted by Crippen LogP contribution is 2.22. The molecule has 104 valence electrons. The summed E-state index contributed by atoms with van der Waals surface area (Å²) in [6.45, 7) is 1.81. The summed E-state index contributed by atoms with van der Waals surface area (Å²) in [5, 5.41) is 3.08. The minimum absolute atomic E-state index is 0.211. The summed E-state index contributed by atoms with van der Waals surface area (Å²) in [4.78, 5) is 25.2. The first-order valence-corrected chi connectivity index (χ1v) is 6.32. The van der Waals surface area contributed by atoms with Gasteiger partial charge in [0.2, 0.25) is 5.91 Å². The minimum Gasteiger partial charge on any atom is -0.345 e. The van der Waals surface area contributed by atoms with Gasteiger partial charge in [-0.1, -0.05) is 18.5 Å². The van der Waals surface area contributed by atoms with Gasteiger partial charge in [0, 0.05) is 19.1 Å². The highest BCUT2D eigenvalue weighted by Gasteiger charge is 2.18. The Labute approximate surface area is 117 Å². The summed E-state index contributed by atoms with van der Waals surface area (Å²) in [5.74, 6) is -0.547. The minimum atomic E-state index is -0.610. The largest absolute Gasteiger partial charge is 0.345 e. The first-order chi connectivity index (χ1) is 8.86. The number of carbonyl (C=O) groups excluding carboxylic acids is 2.